The third-order valence-electron chi connectivity index (χ3n) is 2.50. The van der Waals surface area contributed by atoms with Gasteiger partial charge in [-0.15, -0.1) is 24.0 Å². The Morgan fingerprint density at radius 1 is 1.33 bits per heavy atom. The summed E-state index contributed by atoms with van der Waals surface area (Å²) in [6.45, 7) is 2.69. The smallest absolute Gasteiger partial charge is 0.243 e. The van der Waals surface area contributed by atoms with Crippen molar-refractivity contribution in [1.29, 1.82) is 0 Å². The monoisotopic (exact) mass is 406 g/mol. The van der Waals surface area contributed by atoms with Gasteiger partial charge in [-0.05, 0) is 19.1 Å². The van der Waals surface area contributed by atoms with E-state index in [1.165, 1.54) is 0 Å². The fourth-order valence-electron chi connectivity index (χ4n) is 1.61. The molecule has 1 unspecified atom stereocenters. The van der Waals surface area contributed by atoms with Crippen LogP contribution in [0.25, 0.3) is 0 Å². The summed E-state index contributed by atoms with van der Waals surface area (Å²) in [6, 6.07) is 9.43. The first-order valence-electron chi connectivity index (χ1n) is 6.46. The zero-order valence-electron chi connectivity index (χ0n) is 12.6. The van der Waals surface area contributed by atoms with Crippen LogP contribution < -0.4 is 16.0 Å². The summed E-state index contributed by atoms with van der Waals surface area (Å²) in [5.41, 5.74) is 0.773. The summed E-state index contributed by atoms with van der Waals surface area (Å²) in [7, 11) is 3.30. The van der Waals surface area contributed by atoms with Crippen molar-refractivity contribution in [2.75, 3.05) is 32.6 Å². The van der Waals surface area contributed by atoms with Crippen molar-refractivity contribution in [2.24, 2.45) is 4.99 Å². The molecule has 0 aliphatic heterocycles. The van der Waals surface area contributed by atoms with Crippen LogP contribution >= 0.6 is 24.0 Å². The van der Waals surface area contributed by atoms with Crippen molar-refractivity contribution in [3.05, 3.63) is 30.3 Å². The number of ether oxygens (including phenoxy) is 1. The second-order valence-corrected chi connectivity index (χ2v) is 4.34. The number of para-hydroxylation sites is 1. The quantitative estimate of drug-likeness (QED) is 0.380. The summed E-state index contributed by atoms with van der Waals surface area (Å²) in [4.78, 5) is 15.8. The normalized spacial score (nSPS) is 12.0. The van der Waals surface area contributed by atoms with E-state index >= 15 is 0 Å². The van der Waals surface area contributed by atoms with E-state index in [2.05, 4.69) is 20.9 Å². The molecule has 0 bridgehead atoms. The molecule has 1 amide bonds. The number of anilines is 1. The number of nitrogens with zero attached hydrogens (tertiary/aromatic N) is 1. The van der Waals surface area contributed by atoms with Gasteiger partial charge in [-0.1, -0.05) is 18.2 Å². The molecule has 6 nitrogen and oxygen atoms in total. The van der Waals surface area contributed by atoms with Gasteiger partial charge in [0.05, 0.1) is 13.2 Å². The lowest BCUT2D eigenvalue weighted by Crippen LogP contribution is -2.46. The third kappa shape index (κ3) is 8.51. The first kappa shape index (κ1) is 19.7. The standard InChI is InChI=1S/C14H22N4O2.HI/c1-11(10-20-3)17-14(15-2)16-9-13(19)18-12-7-5-4-6-8-12;/h4-8,11H,9-10H2,1-3H3,(H,18,19)(H2,15,16,17);1H. The number of rotatable bonds is 6. The molecule has 1 rings (SSSR count). The van der Waals surface area contributed by atoms with Crippen LogP contribution in [0.1, 0.15) is 6.92 Å². The van der Waals surface area contributed by atoms with Crippen LogP contribution in [0, 0.1) is 0 Å². The minimum atomic E-state index is -0.126. The highest BCUT2D eigenvalue weighted by Gasteiger charge is 2.07. The Kier molecular flexibility index (Phi) is 10.6. The van der Waals surface area contributed by atoms with Crippen LogP contribution in [0.2, 0.25) is 0 Å². The lowest BCUT2D eigenvalue weighted by molar-refractivity contribution is -0.115. The number of benzene rings is 1. The van der Waals surface area contributed by atoms with E-state index in [1.807, 2.05) is 37.3 Å². The summed E-state index contributed by atoms with van der Waals surface area (Å²) in [5, 5.41) is 8.86. The molecule has 3 N–H and O–H groups in total. The van der Waals surface area contributed by atoms with E-state index in [4.69, 9.17) is 4.74 Å². The van der Waals surface area contributed by atoms with Gasteiger partial charge in [0, 0.05) is 25.9 Å². The molecule has 7 heteroatoms. The number of nitrogens with one attached hydrogen (secondary N) is 3. The Labute approximate surface area is 142 Å². The Bertz CT molecular complexity index is 440. The fraction of sp³-hybridized carbons (Fsp3) is 0.429. The maximum atomic E-state index is 11.8. The summed E-state index contributed by atoms with van der Waals surface area (Å²) in [6.07, 6.45) is 0. The van der Waals surface area contributed by atoms with Crippen LogP contribution in [0.4, 0.5) is 5.69 Å². The number of hydrogen-bond acceptors (Lipinski definition) is 3. The van der Waals surface area contributed by atoms with Crippen LogP contribution in [0.15, 0.2) is 35.3 Å². The van der Waals surface area contributed by atoms with E-state index < -0.39 is 0 Å². The molecule has 118 valence electrons. The predicted octanol–water partition coefficient (Wildman–Crippen LogP) is 1.44. The Balaban J connectivity index is 0.00000400. The van der Waals surface area contributed by atoms with Gasteiger partial charge in [-0.2, -0.15) is 0 Å². The highest BCUT2D eigenvalue weighted by molar-refractivity contribution is 14.0. The van der Waals surface area contributed by atoms with Gasteiger partial charge < -0.3 is 20.7 Å². The van der Waals surface area contributed by atoms with E-state index in [9.17, 15) is 4.79 Å². The van der Waals surface area contributed by atoms with E-state index in [0.29, 0.717) is 12.6 Å². The molecular weight excluding hydrogens is 383 g/mol. The molecular formula is C14H23IN4O2. The summed E-state index contributed by atoms with van der Waals surface area (Å²) in [5.74, 6) is 0.441. The number of halogens is 1. The summed E-state index contributed by atoms with van der Waals surface area (Å²) < 4.78 is 5.03. The molecule has 0 aliphatic rings. The minimum Gasteiger partial charge on any atom is -0.383 e. The number of methoxy groups -OCH3 is 1. The van der Waals surface area contributed by atoms with Crippen LogP contribution in [0.3, 0.4) is 0 Å². The number of carbonyl (C=O) groups excluding carboxylic acids is 1. The zero-order valence-corrected chi connectivity index (χ0v) is 14.9. The second kappa shape index (κ2) is 11.3. The van der Waals surface area contributed by atoms with Crippen LogP contribution in [-0.4, -0.2) is 45.2 Å². The number of hydrogen-bond donors (Lipinski definition) is 3. The Morgan fingerprint density at radius 2 is 2.00 bits per heavy atom. The van der Waals surface area contributed by atoms with Gasteiger partial charge in [-0.25, -0.2) is 0 Å². The maximum Gasteiger partial charge on any atom is 0.243 e. The SMILES string of the molecule is CN=C(NCC(=O)Nc1ccccc1)NC(C)COC.I. The van der Waals surface area contributed by atoms with Crippen molar-refractivity contribution in [1.82, 2.24) is 10.6 Å². The molecule has 0 fully saturated rings. The average Bonchev–Trinajstić information content (AvgIpc) is 2.44. The van der Waals surface area contributed by atoms with Crippen molar-refractivity contribution in [2.45, 2.75) is 13.0 Å². The molecule has 21 heavy (non-hydrogen) atoms. The number of guanidine groups is 1. The van der Waals surface area contributed by atoms with Crippen molar-refractivity contribution in [3.8, 4) is 0 Å². The number of carbonyl (C=O) groups is 1. The first-order chi connectivity index (χ1) is 9.65. The van der Waals surface area contributed by atoms with E-state index in [-0.39, 0.29) is 42.5 Å². The molecule has 1 aromatic carbocycles. The maximum absolute atomic E-state index is 11.8. The van der Waals surface area contributed by atoms with E-state index in [1.54, 1.807) is 14.2 Å². The second-order valence-electron chi connectivity index (χ2n) is 4.34. The first-order valence-corrected chi connectivity index (χ1v) is 6.46. The third-order valence-corrected chi connectivity index (χ3v) is 2.50. The molecule has 1 atom stereocenters. The molecule has 1 aromatic rings. The van der Waals surface area contributed by atoms with Gasteiger partial charge >= 0.3 is 0 Å². The highest BCUT2D eigenvalue weighted by Crippen LogP contribution is 2.03. The molecule has 0 heterocycles. The van der Waals surface area contributed by atoms with Gasteiger partial charge in [-0.3, -0.25) is 9.79 Å². The predicted molar refractivity (Wildman–Crippen MR) is 96.3 cm³/mol. The van der Waals surface area contributed by atoms with Gasteiger partial charge in [0.1, 0.15) is 0 Å². The largest absolute Gasteiger partial charge is 0.383 e. The van der Waals surface area contributed by atoms with Crippen LogP contribution in [-0.2, 0) is 9.53 Å². The lowest BCUT2D eigenvalue weighted by atomic mass is 10.3. The topological polar surface area (TPSA) is 74.8 Å². The Hall–Kier alpha value is -1.35. The molecule has 0 saturated heterocycles. The Morgan fingerprint density at radius 3 is 2.57 bits per heavy atom. The molecule has 0 aromatic heterocycles. The van der Waals surface area contributed by atoms with Gasteiger partial charge in [0.2, 0.25) is 5.91 Å². The number of aliphatic imine (C=N–C) groups is 1. The number of amides is 1. The molecule has 0 aliphatic carbocycles. The minimum absolute atomic E-state index is 0. The van der Waals surface area contributed by atoms with Crippen molar-refractivity contribution < 1.29 is 9.53 Å². The highest BCUT2D eigenvalue weighted by atomic mass is 127. The molecule has 0 spiro atoms. The average molecular weight is 406 g/mol. The summed E-state index contributed by atoms with van der Waals surface area (Å²) >= 11 is 0. The van der Waals surface area contributed by atoms with Gasteiger partial charge in [0.25, 0.3) is 0 Å². The van der Waals surface area contributed by atoms with Crippen molar-refractivity contribution in [3.63, 3.8) is 0 Å². The molecule has 0 radical (unpaired) electrons. The van der Waals surface area contributed by atoms with Crippen LogP contribution in [0.5, 0.6) is 0 Å². The van der Waals surface area contributed by atoms with Gasteiger partial charge in [0.15, 0.2) is 5.96 Å². The zero-order chi connectivity index (χ0) is 14.8. The van der Waals surface area contributed by atoms with E-state index in [0.717, 1.165) is 5.69 Å². The molecule has 0 saturated carbocycles. The lowest BCUT2D eigenvalue weighted by Gasteiger charge is -2.17. The fourth-order valence-corrected chi connectivity index (χ4v) is 1.61. The van der Waals surface area contributed by atoms with Crippen molar-refractivity contribution >= 4 is 41.5 Å².